The number of halogens is 2. The number of fused-ring (bicyclic) bond motifs is 1. The van der Waals surface area contributed by atoms with Gasteiger partial charge < -0.3 is 5.32 Å². The molecule has 0 fully saturated rings. The second-order valence-electron chi connectivity index (χ2n) is 7.62. The van der Waals surface area contributed by atoms with Gasteiger partial charge in [0.05, 0.1) is 16.8 Å². The molecule has 35 heavy (non-hydrogen) atoms. The van der Waals surface area contributed by atoms with Crippen LogP contribution in [-0.4, -0.2) is 32.3 Å². The molecule has 3 aromatic carbocycles. The van der Waals surface area contributed by atoms with Crippen LogP contribution in [0.4, 0.5) is 5.69 Å². The third-order valence-electron chi connectivity index (χ3n) is 5.22. The molecule has 0 amide bonds. The summed E-state index contributed by atoms with van der Waals surface area (Å²) in [6.07, 6.45) is 6.44. The van der Waals surface area contributed by atoms with E-state index < -0.39 is 10.0 Å². The summed E-state index contributed by atoms with van der Waals surface area (Å²) in [6, 6.07) is 18.5. The second-order valence-corrected chi connectivity index (χ2v) is 10.2. The molecule has 0 aliphatic heterocycles. The number of sulfonamides is 1. The zero-order chi connectivity index (χ0) is 24.8. The molecule has 0 radical (unpaired) electrons. The van der Waals surface area contributed by atoms with Crippen LogP contribution in [0.25, 0.3) is 16.8 Å². The normalized spacial score (nSPS) is 11.7. The molecule has 0 bridgehead atoms. The number of hydrogen-bond donors (Lipinski definition) is 2. The van der Waals surface area contributed by atoms with Gasteiger partial charge >= 0.3 is 0 Å². The largest absolute Gasteiger partial charge is 0.382 e. The number of anilines is 1. The van der Waals surface area contributed by atoms with E-state index in [9.17, 15) is 13.2 Å². The lowest BCUT2D eigenvalue weighted by Crippen LogP contribution is -2.29. The maximum Gasteiger partial charge on any atom is 0.240 e. The minimum atomic E-state index is -3.74. The molecule has 4 rings (SSSR count). The maximum atomic E-state index is 12.6. The van der Waals surface area contributed by atoms with E-state index in [1.54, 1.807) is 36.7 Å². The van der Waals surface area contributed by atoms with E-state index in [4.69, 9.17) is 23.2 Å². The first-order chi connectivity index (χ1) is 16.8. The van der Waals surface area contributed by atoms with Gasteiger partial charge in [-0.15, -0.1) is 0 Å². The molecule has 2 N–H and O–H groups in total. The van der Waals surface area contributed by atoms with Crippen molar-refractivity contribution >= 4 is 61.5 Å². The zero-order valence-electron chi connectivity index (χ0n) is 18.4. The van der Waals surface area contributed by atoms with E-state index in [1.165, 1.54) is 30.3 Å². The Bertz CT molecular complexity index is 1500. The molecule has 0 saturated heterocycles. The van der Waals surface area contributed by atoms with Gasteiger partial charge in [0, 0.05) is 45.7 Å². The van der Waals surface area contributed by atoms with Crippen molar-refractivity contribution in [2.24, 2.45) is 0 Å². The number of pyridine rings is 1. The van der Waals surface area contributed by atoms with Gasteiger partial charge in [-0.2, -0.15) is 0 Å². The van der Waals surface area contributed by atoms with Crippen molar-refractivity contribution in [1.82, 2.24) is 9.71 Å². The molecule has 0 aliphatic rings. The highest BCUT2D eigenvalue weighted by Gasteiger charge is 2.14. The first-order valence-corrected chi connectivity index (χ1v) is 12.9. The molecule has 0 saturated carbocycles. The van der Waals surface area contributed by atoms with Crippen molar-refractivity contribution in [3.63, 3.8) is 0 Å². The molecule has 9 heteroatoms. The molecule has 178 valence electrons. The quantitative estimate of drug-likeness (QED) is 0.163. The SMILES string of the molecule is O=C(/C=C/c1ccccc1Cl)c1ccc(S(=O)(=O)NCCNc2cncc3cc(Cl)ccc23)cc1. The van der Waals surface area contributed by atoms with Crippen LogP contribution in [0.15, 0.2) is 90.1 Å². The third kappa shape index (κ3) is 6.26. The number of allylic oxidation sites excluding steroid dienone is 1. The van der Waals surface area contributed by atoms with Gasteiger partial charge in [-0.05, 0) is 60.2 Å². The molecule has 6 nitrogen and oxygen atoms in total. The average molecular weight is 526 g/mol. The number of hydrogen-bond acceptors (Lipinski definition) is 5. The first-order valence-electron chi connectivity index (χ1n) is 10.7. The predicted octanol–water partition coefficient (Wildman–Crippen LogP) is 5.83. The van der Waals surface area contributed by atoms with Crippen molar-refractivity contribution < 1.29 is 13.2 Å². The highest BCUT2D eigenvalue weighted by atomic mass is 35.5. The molecule has 0 aliphatic carbocycles. The summed E-state index contributed by atoms with van der Waals surface area (Å²) in [4.78, 5) is 16.7. The van der Waals surface area contributed by atoms with E-state index >= 15 is 0 Å². The van der Waals surface area contributed by atoms with Crippen molar-refractivity contribution in [3.8, 4) is 0 Å². The molecule has 4 aromatic rings. The molecule has 0 atom stereocenters. The van der Waals surface area contributed by atoms with Gasteiger partial charge in [0.25, 0.3) is 0 Å². The molecule has 1 heterocycles. The van der Waals surface area contributed by atoms with Crippen LogP contribution in [0.5, 0.6) is 0 Å². The van der Waals surface area contributed by atoms with E-state index in [0.29, 0.717) is 22.2 Å². The van der Waals surface area contributed by atoms with E-state index in [1.807, 2.05) is 24.3 Å². The average Bonchev–Trinajstić information content (AvgIpc) is 2.86. The highest BCUT2D eigenvalue weighted by molar-refractivity contribution is 7.89. The molecule has 1 aromatic heterocycles. The molecule has 0 spiro atoms. The van der Waals surface area contributed by atoms with E-state index in [-0.39, 0.29) is 17.2 Å². The van der Waals surface area contributed by atoms with Crippen molar-refractivity contribution in [2.75, 3.05) is 18.4 Å². The van der Waals surface area contributed by atoms with Crippen LogP contribution in [-0.2, 0) is 10.0 Å². The van der Waals surface area contributed by atoms with Gasteiger partial charge in [0.2, 0.25) is 10.0 Å². The third-order valence-corrected chi connectivity index (χ3v) is 7.28. The number of nitrogens with one attached hydrogen (secondary N) is 2. The summed E-state index contributed by atoms with van der Waals surface area (Å²) in [5, 5.41) is 6.18. The lowest BCUT2D eigenvalue weighted by molar-refractivity contribution is 0.104. The van der Waals surface area contributed by atoms with Crippen LogP contribution in [0.3, 0.4) is 0 Å². The Hall–Kier alpha value is -3.23. The summed E-state index contributed by atoms with van der Waals surface area (Å²) < 4.78 is 27.8. The lowest BCUT2D eigenvalue weighted by atomic mass is 10.1. The van der Waals surface area contributed by atoms with Crippen molar-refractivity contribution in [3.05, 3.63) is 106 Å². The summed E-state index contributed by atoms with van der Waals surface area (Å²) in [5.74, 6) is -0.254. The Balaban J connectivity index is 1.34. The van der Waals surface area contributed by atoms with Gasteiger partial charge in [0.15, 0.2) is 5.78 Å². The number of nitrogens with zero attached hydrogens (tertiary/aromatic N) is 1. The Morgan fingerprint density at radius 1 is 0.943 bits per heavy atom. The van der Waals surface area contributed by atoms with Gasteiger partial charge in [-0.25, -0.2) is 13.1 Å². The van der Waals surface area contributed by atoms with Crippen LogP contribution in [0.2, 0.25) is 10.0 Å². The fraction of sp³-hybridized carbons (Fsp3) is 0.0769. The van der Waals surface area contributed by atoms with E-state index in [2.05, 4.69) is 15.0 Å². The van der Waals surface area contributed by atoms with Crippen molar-refractivity contribution in [2.45, 2.75) is 4.90 Å². The Kier molecular flexibility index (Phi) is 7.83. The fourth-order valence-electron chi connectivity index (χ4n) is 3.42. The summed E-state index contributed by atoms with van der Waals surface area (Å²) >= 11 is 12.1. The number of carbonyl (C=O) groups excluding carboxylic acids is 1. The number of carbonyl (C=O) groups is 1. The predicted molar refractivity (Wildman–Crippen MR) is 142 cm³/mol. The monoisotopic (exact) mass is 525 g/mol. The first kappa shape index (κ1) is 24.9. The lowest BCUT2D eigenvalue weighted by Gasteiger charge is -2.11. The Morgan fingerprint density at radius 3 is 2.49 bits per heavy atom. The Morgan fingerprint density at radius 2 is 1.71 bits per heavy atom. The van der Waals surface area contributed by atoms with Gasteiger partial charge in [-0.1, -0.05) is 47.5 Å². The van der Waals surface area contributed by atoms with Crippen LogP contribution in [0, 0.1) is 0 Å². The maximum absolute atomic E-state index is 12.6. The summed E-state index contributed by atoms with van der Waals surface area (Å²) in [6.45, 7) is 0.514. The van der Waals surface area contributed by atoms with E-state index in [0.717, 1.165) is 22.0 Å². The summed E-state index contributed by atoms with van der Waals surface area (Å²) in [5.41, 5.74) is 1.88. The van der Waals surface area contributed by atoms with Gasteiger partial charge in [0.1, 0.15) is 0 Å². The van der Waals surface area contributed by atoms with Crippen LogP contribution in [0.1, 0.15) is 15.9 Å². The van der Waals surface area contributed by atoms with Gasteiger partial charge in [-0.3, -0.25) is 9.78 Å². The smallest absolute Gasteiger partial charge is 0.240 e. The Labute approximate surface area is 213 Å². The number of aromatic nitrogens is 1. The number of benzene rings is 3. The number of ketones is 1. The minimum absolute atomic E-state index is 0.0746. The standard InChI is InChI=1S/C26H21Cl2N3O3S/c27-21-8-11-23-20(15-21)16-29-17-25(23)30-13-14-31-35(33,34)22-9-5-19(6-10-22)26(32)12-7-18-3-1-2-4-24(18)28/h1-12,15-17,30-31H,13-14H2/b12-7+. The van der Waals surface area contributed by atoms with Crippen LogP contribution < -0.4 is 10.0 Å². The highest BCUT2D eigenvalue weighted by Crippen LogP contribution is 2.24. The molecular weight excluding hydrogens is 505 g/mol. The van der Waals surface area contributed by atoms with Crippen LogP contribution >= 0.6 is 23.2 Å². The number of rotatable bonds is 9. The fourth-order valence-corrected chi connectivity index (χ4v) is 4.84. The molecular formula is C26H21Cl2N3O3S. The van der Waals surface area contributed by atoms with Crippen molar-refractivity contribution in [1.29, 1.82) is 0 Å². The molecule has 0 unspecified atom stereocenters. The summed E-state index contributed by atoms with van der Waals surface area (Å²) in [7, 11) is -3.74. The topological polar surface area (TPSA) is 88.2 Å². The second kappa shape index (κ2) is 11.0. The minimum Gasteiger partial charge on any atom is -0.382 e. The zero-order valence-corrected chi connectivity index (χ0v) is 20.7.